The third-order valence-electron chi connectivity index (χ3n) is 8.77. The van der Waals surface area contributed by atoms with E-state index in [0.29, 0.717) is 12.8 Å². The van der Waals surface area contributed by atoms with Crippen molar-refractivity contribution >= 4 is 11.9 Å². The first-order chi connectivity index (χ1) is 21.6. The second kappa shape index (κ2) is 14.4. The Kier molecular flexibility index (Phi) is 11.0. The van der Waals surface area contributed by atoms with Gasteiger partial charge in [-0.1, -0.05) is 26.0 Å². The van der Waals surface area contributed by atoms with Crippen LogP contribution in [0.15, 0.2) is 36.4 Å². The number of aliphatic hydroxyl groups excluding tert-OH is 6. The van der Waals surface area contributed by atoms with Crippen LogP contribution in [0.25, 0.3) is 0 Å². The molecule has 254 valence electrons. The Morgan fingerprint density at radius 3 is 1.89 bits per heavy atom. The Bertz CT molecular complexity index is 1380. The highest BCUT2D eigenvalue weighted by Gasteiger charge is 2.49. The summed E-state index contributed by atoms with van der Waals surface area (Å²) in [4.78, 5) is 22.8. The molecule has 0 bridgehead atoms. The molecule has 0 unspecified atom stereocenters. The number of phenols is 2. The fraction of sp³-hybridized carbons (Fsp3) is 0.548. The van der Waals surface area contributed by atoms with Crippen LogP contribution in [-0.4, -0.2) is 118 Å². The summed E-state index contributed by atoms with van der Waals surface area (Å²) in [6.45, 7) is 3.98. The molecule has 0 amide bonds. The van der Waals surface area contributed by atoms with E-state index in [0.717, 1.165) is 11.1 Å². The number of aliphatic carboxylic acids is 2. The van der Waals surface area contributed by atoms with Gasteiger partial charge in [-0.2, -0.15) is 0 Å². The molecule has 10 N–H and O–H groups in total. The van der Waals surface area contributed by atoms with Gasteiger partial charge in [0, 0.05) is 6.42 Å². The molecule has 46 heavy (non-hydrogen) atoms. The van der Waals surface area contributed by atoms with Crippen molar-refractivity contribution in [2.75, 3.05) is 0 Å². The minimum absolute atomic E-state index is 0.0263. The van der Waals surface area contributed by atoms with Crippen LogP contribution in [0.1, 0.15) is 31.4 Å². The summed E-state index contributed by atoms with van der Waals surface area (Å²) < 4.78 is 16.3. The number of aromatic hydroxyl groups is 2. The first-order valence-corrected chi connectivity index (χ1v) is 14.8. The maximum Gasteiger partial charge on any atom is 0.335 e. The van der Waals surface area contributed by atoms with Crippen molar-refractivity contribution in [1.29, 1.82) is 0 Å². The van der Waals surface area contributed by atoms with Crippen LogP contribution in [0.4, 0.5) is 0 Å². The topological polar surface area (TPSA) is 264 Å². The average molecular weight is 653 g/mol. The molecule has 1 aliphatic heterocycles. The second-order valence-corrected chi connectivity index (χ2v) is 12.1. The molecule has 12 atom stereocenters. The summed E-state index contributed by atoms with van der Waals surface area (Å²) >= 11 is 0. The lowest BCUT2D eigenvalue weighted by molar-refractivity contribution is -0.271. The van der Waals surface area contributed by atoms with Gasteiger partial charge in [-0.05, 0) is 60.1 Å². The number of hydrogen-bond donors (Lipinski definition) is 10. The zero-order valence-corrected chi connectivity index (χ0v) is 25.0. The van der Waals surface area contributed by atoms with Crippen LogP contribution in [-0.2, 0) is 27.2 Å². The maximum atomic E-state index is 11.5. The summed E-state index contributed by atoms with van der Waals surface area (Å²) in [5.41, 5.74) is 1.47. The van der Waals surface area contributed by atoms with E-state index in [4.69, 9.17) is 14.2 Å². The largest absolute Gasteiger partial charge is 0.504 e. The Morgan fingerprint density at radius 2 is 1.30 bits per heavy atom. The van der Waals surface area contributed by atoms with Gasteiger partial charge in [-0.3, -0.25) is 4.79 Å². The fourth-order valence-electron chi connectivity index (χ4n) is 5.71. The smallest absolute Gasteiger partial charge is 0.335 e. The number of aliphatic hydroxyl groups is 6. The summed E-state index contributed by atoms with van der Waals surface area (Å²) in [6, 6.07) is 9.15. The minimum atomic E-state index is -1.89. The lowest BCUT2D eigenvalue weighted by Crippen LogP contribution is -2.61. The van der Waals surface area contributed by atoms with Gasteiger partial charge in [0.1, 0.15) is 36.6 Å². The van der Waals surface area contributed by atoms with Gasteiger partial charge in [0.25, 0.3) is 0 Å². The van der Waals surface area contributed by atoms with Crippen molar-refractivity contribution in [2.45, 2.75) is 88.2 Å². The minimum Gasteiger partial charge on any atom is -0.504 e. The van der Waals surface area contributed by atoms with Crippen LogP contribution >= 0.6 is 0 Å². The monoisotopic (exact) mass is 652 g/mol. The lowest BCUT2D eigenvalue weighted by atomic mass is 9.80. The van der Waals surface area contributed by atoms with E-state index in [1.54, 1.807) is 12.1 Å². The van der Waals surface area contributed by atoms with E-state index in [9.17, 15) is 60.7 Å². The number of benzene rings is 2. The van der Waals surface area contributed by atoms with Gasteiger partial charge in [0.2, 0.25) is 6.29 Å². The van der Waals surface area contributed by atoms with Crippen molar-refractivity contribution in [3.8, 4) is 23.0 Å². The molecule has 2 aliphatic rings. The highest BCUT2D eigenvalue weighted by molar-refractivity contribution is 5.73. The molecule has 2 aromatic carbocycles. The molecule has 0 spiro atoms. The predicted molar refractivity (Wildman–Crippen MR) is 155 cm³/mol. The Hall–Kier alpha value is -3.70. The first kappa shape index (κ1) is 35.2. The standard InChI is InChI=1S/C31H40O15/c1-12(7-14-4-6-19(18(33)9-14)44-21-11-16(29(40)41)22(34)24(36)23(21)35)13(2)8-15-3-5-17(32)20(10-15)45-31-27(39)25(37)26(38)28(46-31)30(42)43/h3-6,9-10,12-13,16,21-28,31-39H,7-8,11H2,1-2H3,(H,40,41)(H,42,43)/t12-,13+,16-,21+,22+,23-,24-,25-,26-,27+,28-,31+/m0/s1. The maximum absolute atomic E-state index is 11.5. The van der Waals surface area contributed by atoms with E-state index >= 15 is 0 Å². The Labute approximate surface area is 263 Å². The quantitative estimate of drug-likeness (QED) is 0.145. The van der Waals surface area contributed by atoms with E-state index < -0.39 is 73.0 Å². The number of rotatable bonds is 11. The molecule has 1 saturated heterocycles. The van der Waals surface area contributed by atoms with Crippen molar-refractivity contribution < 1.29 is 74.9 Å². The third-order valence-corrected chi connectivity index (χ3v) is 8.77. The number of carbonyl (C=O) groups is 2. The molecular weight excluding hydrogens is 612 g/mol. The van der Waals surface area contributed by atoms with Crippen LogP contribution in [0.2, 0.25) is 0 Å². The van der Waals surface area contributed by atoms with Crippen molar-refractivity contribution in [3.05, 3.63) is 47.5 Å². The summed E-state index contributed by atoms with van der Waals surface area (Å²) in [5, 5.41) is 100. The normalized spacial score (nSPS) is 32.7. The second-order valence-electron chi connectivity index (χ2n) is 12.1. The number of phenolic OH excluding ortho intramolecular Hbond substituents is 2. The zero-order valence-electron chi connectivity index (χ0n) is 25.0. The molecule has 2 aromatic rings. The SMILES string of the molecule is C[C@H](Cc1ccc(O)c(O[C@@H]2O[C@H](C(=O)O)[C@@H](O)[C@H](O)[C@H]2O)c1)[C@@H](C)Cc1ccc(O[C@@H]2C[C@H](C(=O)O)[C@@H](O)[C@H](O)[C@H]2O)c(O)c1. The van der Waals surface area contributed by atoms with E-state index in [-0.39, 0.29) is 41.3 Å². The number of ether oxygens (including phenoxy) is 3. The molecular formula is C31H40O15. The van der Waals surface area contributed by atoms with Crippen molar-refractivity contribution in [2.24, 2.45) is 17.8 Å². The van der Waals surface area contributed by atoms with E-state index in [1.165, 1.54) is 24.3 Å². The number of carboxylic acids is 2. The molecule has 1 aliphatic carbocycles. The molecule has 2 fully saturated rings. The number of hydrogen-bond acceptors (Lipinski definition) is 13. The summed E-state index contributed by atoms with van der Waals surface area (Å²) in [6.07, 6.45) is -14.5. The predicted octanol–water partition coefficient (Wildman–Crippen LogP) is -0.639. The van der Waals surface area contributed by atoms with Gasteiger partial charge in [-0.25, -0.2) is 4.79 Å². The van der Waals surface area contributed by atoms with Crippen molar-refractivity contribution in [3.63, 3.8) is 0 Å². The molecule has 1 heterocycles. The average Bonchev–Trinajstić information content (AvgIpc) is 2.99. The summed E-state index contributed by atoms with van der Waals surface area (Å²) in [7, 11) is 0. The Balaban J connectivity index is 1.38. The molecule has 4 rings (SSSR count). The van der Waals surface area contributed by atoms with E-state index in [1.807, 2.05) is 13.8 Å². The lowest BCUT2D eigenvalue weighted by Gasteiger charge is -2.38. The van der Waals surface area contributed by atoms with Crippen LogP contribution < -0.4 is 9.47 Å². The number of carboxylic acid groups (broad SMARTS) is 2. The summed E-state index contributed by atoms with van der Waals surface area (Å²) in [5.74, 6) is -4.92. The Morgan fingerprint density at radius 1 is 0.717 bits per heavy atom. The molecule has 0 radical (unpaired) electrons. The van der Waals surface area contributed by atoms with Crippen LogP contribution in [0, 0.1) is 17.8 Å². The van der Waals surface area contributed by atoms with Gasteiger partial charge in [0.15, 0.2) is 29.1 Å². The van der Waals surface area contributed by atoms with Gasteiger partial charge in [-0.15, -0.1) is 0 Å². The molecule has 15 nitrogen and oxygen atoms in total. The van der Waals surface area contributed by atoms with Gasteiger partial charge in [0.05, 0.1) is 12.0 Å². The van der Waals surface area contributed by atoms with Crippen LogP contribution in [0.5, 0.6) is 23.0 Å². The molecule has 1 saturated carbocycles. The molecule has 0 aromatic heterocycles. The van der Waals surface area contributed by atoms with Crippen molar-refractivity contribution in [1.82, 2.24) is 0 Å². The van der Waals surface area contributed by atoms with Crippen LogP contribution in [0.3, 0.4) is 0 Å². The molecule has 15 heteroatoms. The zero-order chi connectivity index (χ0) is 34.0. The third kappa shape index (κ3) is 7.63. The van der Waals surface area contributed by atoms with E-state index in [2.05, 4.69) is 0 Å². The van der Waals surface area contributed by atoms with Gasteiger partial charge < -0.3 is 65.3 Å². The fourth-order valence-corrected chi connectivity index (χ4v) is 5.71. The highest BCUT2D eigenvalue weighted by Crippen LogP contribution is 2.36. The van der Waals surface area contributed by atoms with Gasteiger partial charge >= 0.3 is 11.9 Å². The first-order valence-electron chi connectivity index (χ1n) is 14.8. The highest BCUT2D eigenvalue weighted by atomic mass is 16.7.